The van der Waals surface area contributed by atoms with Gasteiger partial charge in [-0.1, -0.05) is 18.2 Å². The van der Waals surface area contributed by atoms with Gasteiger partial charge >= 0.3 is 5.69 Å². The number of aliphatic hydroxyl groups excluding tert-OH is 1. The van der Waals surface area contributed by atoms with E-state index in [0.717, 1.165) is 18.1 Å². The van der Waals surface area contributed by atoms with Crippen molar-refractivity contribution in [1.29, 1.82) is 0 Å². The number of hydrogen-bond acceptors (Lipinski definition) is 5. The number of aryl methyl sites for hydroxylation is 1. The van der Waals surface area contributed by atoms with Crippen LogP contribution in [0.4, 0.5) is 0 Å². The third kappa shape index (κ3) is 3.20. The van der Waals surface area contributed by atoms with Crippen LogP contribution in [0.2, 0.25) is 0 Å². The molecule has 2 heterocycles. The van der Waals surface area contributed by atoms with E-state index < -0.39 is 6.10 Å². The van der Waals surface area contributed by atoms with Gasteiger partial charge in [-0.25, -0.2) is 9.48 Å². The van der Waals surface area contributed by atoms with Crippen molar-refractivity contribution in [3.8, 4) is 5.75 Å². The lowest BCUT2D eigenvalue weighted by molar-refractivity contribution is 0.0581. The highest BCUT2D eigenvalue weighted by Gasteiger charge is 2.22. The lowest BCUT2D eigenvalue weighted by Crippen LogP contribution is -2.42. The first-order valence-corrected chi connectivity index (χ1v) is 7.34. The third-order valence-electron chi connectivity index (χ3n) is 3.74. The van der Waals surface area contributed by atoms with Gasteiger partial charge in [0.2, 0.25) is 0 Å². The number of β-amino-alcohol motifs (C(OH)–C–C–N with tert-alkyl or cyclic N) is 1. The molecule has 0 amide bonds. The number of aromatic nitrogens is 3. The maximum absolute atomic E-state index is 11.8. The molecule has 0 aliphatic carbocycles. The maximum Gasteiger partial charge on any atom is 0.345 e. The molecule has 7 nitrogen and oxygen atoms in total. The van der Waals surface area contributed by atoms with Gasteiger partial charge in [-0.3, -0.25) is 9.47 Å². The first-order valence-electron chi connectivity index (χ1n) is 7.34. The molecule has 7 heteroatoms. The smallest absolute Gasteiger partial charge is 0.345 e. The summed E-state index contributed by atoms with van der Waals surface area (Å²) in [7, 11) is 1.65. The van der Waals surface area contributed by atoms with E-state index in [1.807, 2.05) is 30.3 Å². The van der Waals surface area contributed by atoms with E-state index >= 15 is 0 Å². The summed E-state index contributed by atoms with van der Waals surface area (Å²) >= 11 is 0. The summed E-state index contributed by atoms with van der Waals surface area (Å²) in [5.41, 5.74) is -0.0809. The summed E-state index contributed by atoms with van der Waals surface area (Å²) < 4.78 is 8.59. The molecule has 0 saturated heterocycles. The minimum atomic E-state index is -0.581. The Morgan fingerprint density at radius 1 is 1.32 bits per heavy atom. The van der Waals surface area contributed by atoms with Gasteiger partial charge in [-0.15, -0.1) is 0 Å². The Morgan fingerprint density at radius 3 is 2.86 bits per heavy atom. The molecule has 1 aliphatic heterocycles. The van der Waals surface area contributed by atoms with E-state index in [4.69, 9.17) is 4.74 Å². The predicted octanol–water partition coefficient (Wildman–Crippen LogP) is -0.163. The maximum atomic E-state index is 11.8. The van der Waals surface area contributed by atoms with Crippen LogP contribution in [0.3, 0.4) is 0 Å². The standard InChI is InChI=1S/C15H20N4O3/c1-17-15(21)19-8-7-18(10-14(19)16-17)9-12(20)11-22-13-5-3-2-4-6-13/h2-6,12,20H,7-11H2,1H3. The predicted molar refractivity (Wildman–Crippen MR) is 80.7 cm³/mol. The fraction of sp³-hybridized carbons (Fsp3) is 0.467. The summed E-state index contributed by atoms with van der Waals surface area (Å²) in [6.45, 7) is 2.64. The highest BCUT2D eigenvalue weighted by molar-refractivity contribution is 5.20. The molecule has 3 rings (SSSR count). The van der Waals surface area contributed by atoms with E-state index in [1.54, 1.807) is 11.6 Å². The SMILES string of the molecule is Cn1nc2n(c1=O)CCN(CC(O)COc1ccccc1)C2. The summed E-state index contributed by atoms with van der Waals surface area (Å²) in [5, 5.41) is 14.3. The lowest BCUT2D eigenvalue weighted by atomic mass is 10.3. The molecule has 118 valence electrons. The lowest BCUT2D eigenvalue weighted by Gasteiger charge is -2.28. The van der Waals surface area contributed by atoms with Crippen LogP contribution < -0.4 is 10.4 Å². The van der Waals surface area contributed by atoms with Crippen molar-refractivity contribution in [1.82, 2.24) is 19.2 Å². The monoisotopic (exact) mass is 304 g/mol. The van der Waals surface area contributed by atoms with Crippen molar-refractivity contribution in [2.24, 2.45) is 7.05 Å². The first kappa shape index (κ1) is 14.8. The minimum Gasteiger partial charge on any atom is -0.491 e. The number of hydrogen-bond donors (Lipinski definition) is 1. The third-order valence-corrected chi connectivity index (χ3v) is 3.74. The molecule has 0 radical (unpaired) electrons. The number of ether oxygens (including phenoxy) is 1. The Hall–Kier alpha value is -2.12. The first-order chi connectivity index (χ1) is 10.6. The molecule has 1 aliphatic rings. The van der Waals surface area contributed by atoms with Crippen molar-refractivity contribution < 1.29 is 9.84 Å². The molecule has 0 saturated carbocycles. The van der Waals surface area contributed by atoms with E-state index in [2.05, 4.69) is 10.00 Å². The van der Waals surface area contributed by atoms with E-state index in [-0.39, 0.29) is 12.3 Å². The molecular formula is C15H20N4O3. The molecule has 0 fully saturated rings. The van der Waals surface area contributed by atoms with Crippen LogP contribution in [0, 0.1) is 0 Å². The van der Waals surface area contributed by atoms with Gasteiger partial charge in [0.25, 0.3) is 0 Å². The van der Waals surface area contributed by atoms with Gasteiger partial charge in [0.15, 0.2) is 0 Å². The van der Waals surface area contributed by atoms with Gasteiger partial charge in [0, 0.05) is 26.7 Å². The Labute approximate surface area is 128 Å². The zero-order valence-electron chi connectivity index (χ0n) is 12.6. The van der Waals surface area contributed by atoms with Crippen LogP contribution >= 0.6 is 0 Å². The average Bonchev–Trinajstić information content (AvgIpc) is 2.81. The van der Waals surface area contributed by atoms with Crippen LogP contribution in [-0.2, 0) is 20.1 Å². The second-order valence-electron chi connectivity index (χ2n) is 5.49. The zero-order valence-corrected chi connectivity index (χ0v) is 12.6. The van der Waals surface area contributed by atoms with Gasteiger partial charge < -0.3 is 9.84 Å². The van der Waals surface area contributed by atoms with E-state index in [1.165, 1.54) is 4.68 Å². The van der Waals surface area contributed by atoms with Crippen molar-refractivity contribution in [2.75, 3.05) is 19.7 Å². The van der Waals surface area contributed by atoms with Gasteiger partial charge in [0.1, 0.15) is 24.3 Å². The number of para-hydroxylation sites is 1. The van der Waals surface area contributed by atoms with Crippen molar-refractivity contribution in [2.45, 2.75) is 19.2 Å². The van der Waals surface area contributed by atoms with Crippen LogP contribution in [0.1, 0.15) is 5.82 Å². The Kier molecular flexibility index (Phi) is 4.26. The fourth-order valence-electron chi connectivity index (χ4n) is 2.63. The summed E-state index contributed by atoms with van der Waals surface area (Å²) in [6.07, 6.45) is -0.581. The molecular weight excluding hydrogens is 284 g/mol. The quantitative estimate of drug-likeness (QED) is 0.831. The number of aliphatic hydroxyl groups is 1. The van der Waals surface area contributed by atoms with Crippen LogP contribution in [-0.4, -0.2) is 50.2 Å². The summed E-state index contributed by atoms with van der Waals surface area (Å²) in [5.74, 6) is 1.49. The molecule has 1 atom stereocenters. The highest BCUT2D eigenvalue weighted by Crippen LogP contribution is 2.11. The molecule has 2 aromatic rings. The fourth-order valence-corrected chi connectivity index (χ4v) is 2.63. The number of benzene rings is 1. The largest absolute Gasteiger partial charge is 0.491 e. The highest BCUT2D eigenvalue weighted by atomic mass is 16.5. The number of nitrogens with zero attached hydrogens (tertiary/aromatic N) is 4. The van der Waals surface area contributed by atoms with E-state index in [9.17, 15) is 9.90 Å². The minimum absolute atomic E-state index is 0.0809. The van der Waals surface area contributed by atoms with Crippen LogP contribution in [0.25, 0.3) is 0 Å². The second-order valence-corrected chi connectivity index (χ2v) is 5.49. The number of rotatable bonds is 5. The van der Waals surface area contributed by atoms with Crippen molar-refractivity contribution in [3.63, 3.8) is 0 Å². The number of fused-ring (bicyclic) bond motifs is 1. The Balaban J connectivity index is 1.52. The van der Waals surface area contributed by atoms with Gasteiger partial charge in [-0.05, 0) is 12.1 Å². The van der Waals surface area contributed by atoms with Crippen molar-refractivity contribution >= 4 is 0 Å². The molecule has 1 N–H and O–H groups in total. The summed E-state index contributed by atoms with van der Waals surface area (Å²) in [6, 6.07) is 9.43. The Bertz CT molecular complexity index is 680. The molecule has 1 unspecified atom stereocenters. The molecule has 22 heavy (non-hydrogen) atoms. The Morgan fingerprint density at radius 2 is 2.09 bits per heavy atom. The van der Waals surface area contributed by atoms with Gasteiger partial charge in [-0.2, -0.15) is 5.10 Å². The normalized spacial score (nSPS) is 16.3. The molecule has 0 spiro atoms. The van der Waals surface area contributed by atoms with Crippen LogP contribution in [0.15, 0.2) is 35.1 Å². The van der Waals surface area contributed by atoms with Crippen LogP contribution in [0.5, 0.6) is 5.75 Å². The zero-order chi connectivity index (χ0) is 15.5. The molecule has 1 aromatic carbocycles. The van der Waals surface area contributed by atoms with Gasteiger partial charge in [0.05, 0.1) is 6.54 Å². The summed E-state index contributed by atoms with van der Waals surface area (Å²) in [4.78, 5) is 13.9. The average molecular weight is 304 g/mol. The molecule has 1 aromatic heterocycles. The topological polar surface area (TPSA) is 72.5 Å². The second kappa shape index (κ2) is 6.33. The van der Waals surface area contributed by atoms with Crippen molar-refractivity contribution in [3.05, 3.63) is 46.6 Å². The van der Waals surface area contributed by atoms with E-state index in [0.29, 0.717) is 19.6 Å². The molecule has 0 bridgehead atoms.